The zero-order valence-electron chi connectivity index (χ0n) is 12.5. The molecular weight excluding hydrogens is 236 g/mol. The molecule has 0 bridgehead atoms. The van der Waals surface area contributed by atoms with Gasteiger partial charge in [-0.15, -0.1) is 12.3 Å². The van der Waals surface area contributed by atoms with Crippen molar-refractivity contribution < 1.29 is 0 Å². The molecule has 1 saturated carbocycles. The maximum atomic E-state index is 4.15. The molecule has 0 radical (unpaired) electrons. The molecule has 100 valence electrons. The first-order chi connectivity index (χ1) is 7.99. The van der Waals surface area contributed by atoms with E-state index in [1.807, 2.05) is 0 Å². The number of rotatable bonds is 7. The lowest BCUT2D eigenvalue weighted by molar-refractivity contribution is 0.828. The molecule has 1 aliphatic rings. The molecule has 0 saturated heterocycles. The van der Waals surface area contributed by atoms with Gasteiger partial charge < -0.3 is 0 Å². The molecule has 0 N–H and O–H groups in total. The summed E-state index contributed by atoms with van der Waals surface area (Å²) >= 11 is 0. The van der Waals surface area contributed by atoms with Crippen molar-refractivity contribution in [1.29, 1.82) is 0 Å². The van der Waals surface area contributed by atoms with Crippen LogP contribution in [0, 0.1) is 0 Å². The fourth-order valence-corrected chi connectivity index (χ4v) is 12.4. The maximum absolute atomic E-state index is 4.15. The third-order valence-electron chi connectivity index (χ3n) is 5.57. The molecule has 2 heteroatoms. The second kappa shape index (κ2) is 6.37. The van der Waals surface area contributed by atoms with Crippen molar-refractivity contribution >= 4 is 16.1 Å². The molecule has 0 aromatic heterocycles. The monoisotopic (exact) mass is 268 g/mol. The highest BCUT2D eigenvalue weighted by molar-refractivity contribution is 6.87. The highest BCUT2D eigenvalue weighted by Gasteiger charge is 2.36. The fraction of sp³-hybridized carbons (Fsp3) is 0.867. The van der Waals surface area contributed by atoms with Crippen LogP contribution in [0.4, 0.5) is 0 Å². The molecule has 0 amide bonds. The summed E-state index contributed by atoms with van der Waals surface area (Å²) in [6.07, 6.45) is 6.10. The van der Waals surface area contributed by atoms with Crippen LogP contribution in [0.15, 0.2) is 12.3 Å². The maximum Gasteiger partial charge on any atom is 0.0762 e. The van der Waals surface area contributed by atoms with Crippen LogP contribution >= 0.6 is 0 Å². The van der Waals surface area contributed by atoms with Crippen molar-refractivity contribution in [3.05, 3.63) is 12.3 Å². The van der Waals surface area contributed by atoms with Crippen LogP contribution in [0.1, 0.15) is 39.5 Å². The topological polar surface area (TPSA) is 0 Å². The van der Waals surface area contributed by atoms with Crippen LogP contribution in [0.3, 0.4) is 0 Å². The van der Waals surface area contributed by atoms with Crippen LogP contribution in [0.2, 0.25) is 42.8 Å². The minimum absolute atomic E-state index is 0.942. The van der Waals surface area contributed by atoms with Crippen molar-refractivity contribution in [3.63, 3.8) is 0 Å². The molecule has 0 aliphatic heterocycles. The molecule has 1 rings (SSSR count). The van der Waals surface area contributed by atoms with Crippen LogP contribution in [0.5, 0.6) is 0 Å². The standard InChI is InChI=1S/C15H32Si2/c1-6-17(7-2,8-3)14-13-16(4,5)15-11-9-10-12-15/h6,15H,1,7-14H2,2-5H3. The molecule has 0 atom stereocenters. The molecule has 17 heavy (non-hydrogen) atoms. The molecule has 0 aromatic carbocycles. The van der Waals surface area contributed by atoms with Crippen molar-refractivity contribution in [2.75, 3.05) is 0 Å². The van der Waals surface area contributed by atoms with Crippen LogP contribution in [-0.2, 0) is 0 Å². The summed E-state index contributed by atoms with van der Waals surface area (Å²) in [6.45, 7) is 14.2. The average Bonchev–Trinajstić information content (AvgIpc) is 2.86. The van der Waals surface area contributed by atoms with Gasteiger partial charge in [0.2, 0.25) is 0 Å². The summed E-state index contributed by atoms with van der Waals surface area (Å²) in [4.78, 5) is 0. The number of hydrogen-bond donors (Lipinski definition) is 0. The Labute approximate surface area is 111 Å². The third-order valence-corrected chi connectivity index (χ3v) is 15.3. The smallest absolute Gasteiger partial charge is 0.0762 e. The van der Waals surface area contributed by atoms with E-state index in [9.17, 15) is 0 Å². The summed E-state index contributed by atoms with van der Waals surface area (Å²) in [5.41, 5.74) is 3.51. The zero-order chi connectivity index (χ0) is 12.9. The SMILES string of the molecule is C=C[Si](CC)(CC)CC[Si](C)(C)C1CCCC1. The third kappa shape index (κ3) is 3.82. The molecule has 0 heterocycles. The molecule has 0 unspecified atom stereocenters. The van der Waals surface area contributed by atoms with Gasteiger partial charge in [-0.05, 0) is 5.54 Å². The van der Waals surface area contributed by atoms with Gasteiger partial charge in [-0.2, -0.15) is 0 Å². The Bertz CT molecular complexity index is 235. The normalized spacial score (nSPS) is 18.6. The van der Waals surface area contributed by atoms with Gasteiger partial charge in [-0.1, -0.05) is 76.8 Å². The molecule has 0 aromatic rings. The Balaban J connectivity index is 2.55. The summed E-state index contributed by atoms with van der Waals surface area (Å²) in [6, 6.07) is 5.90. The lowest BCUT2D eigenvalue weighted by Crippen LogP contribution is -2.37. The predicted molar refractivity (Wildman–Crippen MR) is 86.2 cm³/mol. The van der Waals surface area contributed by atoms with Crippen molar-refractivity contribution in [2.45, 2.75) is 82.3 Å². The van der Waals surface area contributed by atoms with E-state index in [2.05, 4.69) is 39.2 Å². The summed E-state index contributed by atoms with van der Waals surface area (Å²) in [5.74, 6) is 0. The Morgan fingerprint density at radius 3 is 2.00 bits per heavy atom. The van der Waals surface area contributed by atoms with Crippen molar-refractivity contribution in [1.82, 2.24) is 0 Å². The van der Waals surface area contributed by atoms with Gasteiger partial charge in [0, 0.05) is 0 Å². The first-order valence-electron chi connectivity index (χ1n) is 7.63. The van der Waals surface area contributed by atoms with Crippen LogP contribution < -0.4 is 0 Å². The van der Waals surface area contributed by atoms with Crippen molar-refractivity contribution in [3.8, 4) is 0 Å². The Hall–Kier alpha value is 0.174. The number of hydrogen-bond acceptors (Lipinski definition) is 0. The van der Waals surface area contributed by atoms with E-state index < -0.39 is 16.1 Å². The predicted octanol–water partition coefficient (Wildman–Crippen LogP) is 5.85. The van der Waals surface area contributed by atoms with Gasteiger partial charge in [-0.25, -0.2) is 0 Å². The summed E-state index contributed by atoms with van der Waals surface area (Å²) in [5, 5.41) is 0. The van der Waals surface area contributed by atoms with E-state index in [1.54, 1.807) is 18.9 Å². The minimum atomic E-state index is -1.08. The second-order valence-electron chi connectivity index (χ2n) is 6.74. The minimum Gasteiger partial charge on any atom is -0.107 e. The Morgan fingerprint density at radius 1 is 1.06 bits per heavy atom. The van der Waals surface area contributed by atoms with Gasteiger partial charge in [0.25, 0.3) is 0 Å². The fourth-order valence-electron chi connectivity index (χ4n) is 3.48. The van der Waals surface area contributed by atoms with Crippen LogP contribution in [-0.4, -0.2) is 16.1 Å². The van der Waals surface area contributed by atoms with Gasteiger partial charge >= 0.3 is 0 Å². The van der Waals surface area contributed by atoms with Crippen molar-refractivity contribution in [2.24, 2.45) is 0 Å². The van der Waals surface area contributed by atoms with Crippen LogP contribution in [0.25, 0.3) is 0 Å². The first kappa shape index (κ1) is 15.2. The molecular formula is C15H32Si2. The molecule has 0 nitrogen and oxygen atoms in total. The Kier molecular flexibility index (Phi) is 5.71. The van der Waals surface area contributed by atoms with Gasteiger partial charge in [0.15, 0.2) is 0 Å². The lowest BCUT2D eigenvalue weighted by Gasteiger charge is -2.34. The van der Waals surface area contributed by atoms with Gasteiger partial charge in [-0.3, -0.25) is 0 Å². The molecule has 1 aliphatic carbocycles. The second-order valence-corrected chi connectivity index (χ2v) is 17.1. The summed E-state index contributed by atoms with van der Waals surface area (Å²) in [7, 11) is -2.02. The molecule has 0 spiro atoms. The first-order valence-corrected chi connectivity index (χ1v) is 13.6. The van der Waals surface area contributed by atoms with E-state index in [0.717, 1.165) is 5.54 Å². The van der Waals surface area contributed by atoms with Gasteiger partial charge in [0.1, 0.15) is 0 Å². The largest absolute Gasteiger partial charge is 0.107 e. The van der Waals surface area contributed by atoms with E-state index in [-0.39, 0.29) is 0 Å². The van der Waals surface area contributed by atoms with E-state index in [0.29, 0.717) is 0 Å². The molecule has 1 fully saturated rings. The van der Waals surface area contributed by atoms with E-state index >= 15 is 0 Å². The average molecular weight is 269 g/mol. The van der Waals surface area contributed by atoms with E-state index in [4.69, 9.17) is 0 Å². The van der Waals surface area contributed by atoms with Gasteiger partial charge in [0.05, 0.1) is 16.1 Å². The highest BCUT2D eigenvalue weighted by Crippen LogP contribution is 2.42. The Morgan fingerprint density at radius 2 is 1.59 bits per heavy atom. The quantitative estimate of drug-likeness (QED) is 0.508. The lowest BCUT2D eigenvalue weighted by atomic mass is 10.4. The van der Waals surface area contributed by atoms with E-state index in [1.165, 1.54) is 31.0 Å². The highest BCUT2D eigenvalue weighted by atomic mass is 28.3. The summed E-state index contributed by atoms with van der Waals surface area (Å²) < 4.78 is 0. The zero-order valence-corrected chi connectivity index (χ0v) is 14.5.